The first-order valence-corrected chi connectivity index (χ1v) is 7.03. The molecule has 0 aliphatic carbocycles. The molecule has 0 aliphatic heterocycles. The van der Waals surface area contributed by atoms with Crippen molar-refractivity contribution in [2.75, 3.05) is 33.7 Å². The number of carbonyl (C=O) groups excluding carboxylic acids is 1. The average molecular weight is 313 g/mol. The van der Waals surface area contributed by atoms with Gasteiger partial charge < -0.3 is 9.80 Å². The summed E-state index contributed by atoms with van der Waals surface area (Å²) >= 11 is 3.40. The first-order chi connectivity index (χ1) is 8.54. The Morgan fingerprint density at radius 2 is 1.94 bits per heavy atom. The van der Waals surface area contributed by atoms with Crippen molar-refractivity contribution >= 4 is 21.8 Å². The quantitative estimate of drug-likeness (QED) is 0.806. The summed E-state index contributed by atoms with van der Waals surface area (Å²) in [4.78, 5) is 16.4. The number of hydrogen-bond acceptors (Lipinski definition) is 2. The Balaban J connectivity index is 2.75. The highest BCUT2D eigenvalue weighted by atomic mass is 79.9. The van der Waals surface area contributed by atoms with Crippen LogP contribution in [0.25, 0.3) is 0 Å². The normalized spacial score (nSPS) is 10.7. The topological polar surface area (TPSA) is 23.6 Å². The number of carbonyl (C=O) groups is 1. The molecule has 4 heteroatoms. The van der Waals surface area contributed by atoms with Gasteiger partial charge >= 0.3 is 0 Å². The Hall–Kier alpha value is -0.870. The fraction of sp³-hybridized carbons (Fsp3) is 0.500. The predicted molar refractivity (Wildman–Crippen MR) is 78.9 cm³/mol. The van der Waals surface area contributed by atoms with E-state index in [-0.39, 0.29) is 5.91 Å². The lowest BCUT2D eigenvalue weighted by Gasteiger charge is -2.24. The van der Waals surface area contributed by atoms with Crippen LogP contribution in [0, 0.1) is 0 Å². The van der Waals surface area contributed by atoms with Crippen LogP contribution < -0.4 is 0 Å². The molecule has 0 aromatic heterocycles. The third kappa shape index (κ3) is 4.78. The Morgan fingerprint density at radius 3 is 2.50 bits per heavy atom. The van der Waals surface area contributed by atoms with Crippen LogP contribution in [0.2, 0.25) is 0 Å². The van der Waals surface area contributed by atoms with E-state index in [4.69, 9.17) is 0 Å². The number of hydrogen-bond donors (Lipinski definition) is 0. The van der Waals surface area contributed by atoms with Crippen LogP contribution in [0.5, 0.6) is 0 Å². The average Bonchev–Trinajstić information content (AvgIpc) is 2.33. The third-order valence-corrected chi connectivity index (χ3v) is 3.16. The number of halogens is 1. The standard InChI is InChI=1S/C14H21BrN2O/c1-4-8-17(10-9-16(2)3)14(18)12-6-5-7-13(15)11-12/h5-7,11H,4,8-10H2,1-3H3. The summed E-state index contributed by atoms with van der Waals surface area (Å²) in [5.74, 6) is 0.111. The smallest absolute Gasteiger partial charge is 0.253 e. The fourth-order valence-corrected chi connectivity index (χ4v) is 2.11. The second-order valence-electron chi connectivity index (χ2n) is 4.61. The number of benzene rings is 1. The Kier molecular flexibility index (Phi) is 6.36. The van der Waals surface area contributed by atoms with Gasteiger partial charge in [-0.3, -0.25) is 4.79 Å². The van der Waals surface area contributed by atoms with Crippen LogP contribution in [0.1, 0.15) is 23.7 Å². The summed E-state index contributed by atoms with van der Waals surface area (Å²) in [6.45, 7) is 4.56. The van der Waals surface area contributed by atoms with E-state index in [0.717, 1.165) is 36.1 Å². The van der Waals surface area contributed by atoms with Gasteiger partial charge in [0.15, 0.2) is 0 Å². The minimum absolute atomic E-state index is 0.111. The van der Waals surface area contributed by atoms with Crippen molar-refractivity contribution in [3.8, 4) is 0 Å². The Labute approximate surface area is 118 Å². The predicted octanol–water partition coefficient (Wildman–Crippen LogP) is 2.86. The Morgan fingerprint density at radius 1 is 1.22 bits per heavy atom. The number of rotatable bonds is 6. The van der Waals surface area contributed by atoms with E-state index in [1.165, 1.54) is 0 Å². The number of amides is 1. The van der Waals surface area contributed by atoms with Crippen LogP contribution in [0.15, 0.2) is 28.7 Å². The summed E-state index contributed by atoms with van der Waals surface area (Å²) in [5, 5.41) is 0. The summed E-state index contributed by atoms with van der Waals surface area (Å²) < 4.78 is 0.942. The first-order valence-electron chi connectivity index (χ1n) is 6.24. The second kappa shape index (κ2) is 7.54. The zero-order valence-corrected chi connectivity index (χ0v) is 12.9. The summed E-state index contributed by atoms with van der Waals surface area (Å²) in [7, 11) is 4.04. The molecule has 0 atom stereocenters. The Bertz CT molecular complexity index is 393. The number of likely N-dealkylation sites (N-methyl/N-ethyl adjacent to an activating group) is 1. The molecule has 0 radical (unpaired) electrons. The maximum atomic E-state index is 12.4. The molecule has 1 aromatic carbocycles. The number of nitrogens with zero attached hydrogens (tertiary/aromatic N) is 2. The van der Waals surface area contributed by atoms with E-state index < -0.39 is 0 Å². The minimum atomic E-state index is 0.111. The van der Waals surface area contributed by atoms with Gasteiger partial charge in [-0.2, -0.15) is 0 Å². The highest BCUT2D eigenvalue weighted by molar-refractivity contribution is 9.10. The maximum Gasteiger partial charge on any atom is 0.253 e. The third-order valence-electron chi connectivity index (χ3n) is 2.67. The molecule has 0 unspecified atom stereocenters. The van der Waals surface area contributed by atoms with E-state index in [9.17, 15) is 4.79 Å². The van der Waals surface area contributed by atoms with Crippen molar-refractivity contribution in [1.82, 2.24) is 9.80 Å². The molecule has 1 aromatic rings. The minimum Gasteiger partial charge on any atom is -0.337 e. The molecule has 1 amide bonds. The molecule has 1 rings (SSSR count). The monoisotopic (exact) mass is 312 g/mol. The highest BCUT2D eigenvalue weighted by Gasteiger charge is 2.14. The van der Waals surface area contributed by atoms with Crippen LogP contribution in [0.3, 0.4) is 0 Å². The van der Waals surface area contributed by atoms with Gasteiger partial charge in [0.05, 0.1) is 0 Å². The van der Waals surface area contributed by atoms with Crippen molar-refractivity contribution in [2.24, 2.45) is 0 Å². The van der Waals surface area contributed by atoms with Gasteiger partial charge in [-0.25, -0.2) is 0 Å². The molecular weight excluding hydrogens is 292 g/mol. The van der Waals surface area contributed by atoms with Crippen molar-refractivity contribution in [2.45, 2.75) is 13.3 Å². The van der Waals surface area contributed by atoms with Gasteiger partial charge in [0.2, 0.25) is 0 Å². The van der Waals surface area contributed by atoms with Crippen molar-refractivity contribution in [3.05, 3.63) is 34.3 Å². The van der Waals surface area contributed by atoms with Crippen LogP contribution >= 0.6 is 15.9 Å². The lowest BCUT2D eigenvalue weighted by Crippen LogP contribution is -2.37. The molecule has 0 saturated heterocycles. The molecule has 18 heavy (non-hydrogen) atoms. The molecule has 0 N–H and O–H groups in total. The second-order valence-corrected chi connectivity index (χ2v) is 5.52. The fourth-order valence-electron chi connectivity index (χ4n) is 1.71. The van der Waals surface area contributed by atoms with Crippen molar-refractivity contribution in [3.63, 3.8) is 0 Å². The molecule has 0 saturated carbocycles. The molecule has 0 spiro atoms. The van der Waals surface area contributed by atoms with Crippen molar-refractivity contribution in [1.29, 1.82) is 0 Å². The van der Waals surface area contributed by atoms with Gasteiger partial charge in [-0.1, -0.05) is 28.9 Å². The molecule has 0 heterocycles. The largest absolute Gasteiger partial charge is 0.337 e. The van der Waals surface area contributed by atoms with E-state index in [2.05, 4.69) is 27.8 Å². The molecule has 0 fully saturated rings. The highest BCUT2D eigenvalue weighted by Crippen LogP contribution is 2.13. The van der Waals surface area contributed by atoms with E-state index in [0.29, 0.717) is 0 Å². The van der Waals surface area contributed by atoms with Gasteiger partial charge in [0.1, 0.15) is 0 Å². The van der Waals surface area contributed by atoms with Gasteiger partial charge in [-0.05, 0) is 38.7 Å². The van der Waals surface area contributed by atoms with E-state index in [1.54, 1.807) is 0 Å². The van der Waals surface area contributed by atoms with E-state index in [1.807, 2.05) is 43.3 Å². The van der Waals surface area contributed by atoms with Crippen LogP contribution in [0.4, 0.5) is 0 Å². The van der Waals surface area contributed by atoms with Gasteiger partial charge in [0, 0.05) is 29.7 Å². The lowest BCUT2D eigenvalue weighted by atomic mass is 10.2. The molecule has 100 valence electrons. The maximum absolute atomic E-state index is 12.4. The zero-order valence-electron chi connectivity index (χ0n) is 11.3. The SMILES string of the molecule is CCCN(CCN(C)C)C(=O)c1cccc(Br)c1. The molecular formula is C14H21BrN2O. The molecule has 3 nitrogen and oxygen atoms in total. The summed E-state index contributed by atoms with van der Waals surface area (Å²) in [5.41, 5.74) is 0.747. The zero-order chi connectivity index (χ0) is 13.5. The van der Waals surface area contributed by atoms with Crippen LogP contribution in [-0.4, -0.2) is 49.4 Å². The van der Waals surface area contributed by atoms with Gasteiger partial charge in [-0.15, -0.1) is 0 Å². The van der Waals surface area contributed by atoms with E-state index >= 15 is 0 Å². The molecule has 0 bridgehead atoms. The first kappa shape index (κ1) is 15.2. The van der Waals surface area contributed by atoms with Crippen molar-refractivity contribution < 1.29 is 4.79 Å². The molecule has 0 aliphatic rings. The summed E-state index contributed by atoms with van der Waals surface area (Å²) in [6, 6.07) is 7.57. The lowest BCUT2D eigenvalue weighted by molar-refractivity contribution is 0.0745. The van der Waals surface area contributed by atoms with Crippen LogP contribution in [-0.2, 0) is 0 Å². The van der Waals surface area contributed by atoms with Gasteiger partial charge in [0.25, 0.3) is 5.91 Å². The summed E-state index contributed by atoms with van der Waals surface area (Å²) in [6.07, 6.45) is 0.979.